The van der Waals surface area contributed by atoms with Crippen LogP contribution in [0.3, 0.4) is 0 Å². The van der Waals surface area contributed by atoms with Gasteiger partial charge in [0.2, 0.25) is 0 Å². The zero-order valence-electron chi connectivity index (χ0n) is 20.6. The molecule has 1 atom stereocenters. The molecule has 0 amide bonds. The lowest BCUT2D eigenvalue weighted by Gasteiger charge is -2.54. The van der Waals surface area contributed by atoms with E-state index in [1.807, 2.05) is 20.8 Å². The van der Waals surface area contributed by atoms with Gasteiger partial charge < -0.3 is 0 Å². The average Bonchev–Trinajstić information content (AvgIpc) is 2.24. The zero-order chi connectivity index (χ0) is 21.5. The SMILES string of the molecule is C.C.CC(C)(C)C(=O)C(CN(C(C)(C)C)C(C)(C)C)N(C(C)(C)C)C(C)(C)C. The molecule has 0 saturated heterocycles. The van der Waals surface area contributed by atoms with Crippen molar-refractivity contribution in [3.8, 4) is 0 Å². The van der Waals surface area contributed by atoms with Crippen LogP contribution < -0.4 is 0 Å². The van der Waals surface area contributed by atoms with Crippen molar-refractivity contribution in [1.82, 2.24) is 9.80 Å². The molecule has 0 aliphatic heterocycles. The number of ketones is 1. The molecule has 0 aromatic carbocycles. The second kappa shape index (κ2) is 9.60. The topological polar surface area (TPSA) is 23.6 Å². The Kier molecular flexibility index (Phi) is 11.1. The summed E-state index contributed by atoms with van der Waals surface area (Å²) < 4.78 is 0. The quantitative estimate of drug-likeness (QED) is 0.505. The normalized spacial score (nSPS) is 15.2. The fraction of sp³-hybridized carbons (Fsp3) is 0.960. The van der Waals surface area contributed by atoms with E-state index in [1.165, 1.54) is 0 Å². The maximum absolute atomic E-state index is 13.6. The van der Waals surface area contributed by atoms with Crippen LogP contribution in [0.1, 0.15) is 119 Å². The predicted octanol–water partition coefficient (Wildman–Crippen LogP) is 7.04. The van der Waals surface area contributed by atoms with Gasteiger partial charge in [-0.3, -0.25) is 14.6 Å². The number of hydrogen-bond donors (Lipinski definition) is 0. The number of carbonyl (C=O) groups is 1. The van der Waals surface area contributed by atoms with Crippen LogP contribution in [0.5, 0.6) is 0 Å². The number of hydrogen-bond acceptors (Lipinski definition) is 3. The minimum absolute atomic E-state index is 0. The smallest absolute Gasteiger partial charge is 0.156 e. The molecule has 0 radical (unpaired) electrons. The number of nitrogens with zero attached hydrogens (tertiary/aromatic N) is 2. The highest BCUT2D eigenvalue weighted by molar-refractivity contribution is 5.89. The fourth-order valence-electron chi connectivity index (χ4n) is 4.45. The third-order valence-corrected chi connectivity index (χ3v) is 4.77. The van der Waals surface area contributed by atoms with Gasteiger partial charge >= 0.3 is 0 Å². The molecule has 0 aliphatic carbocycles. The van der Waals surface area contributed by atoms with Crippen molar-refractivity contribution in [2.45, 2.75) is 147 Å². The van der Waals surface area contributed by atoms with E-state index in [0.29, 0.717) is 5.78 Å². The van der Waals surface area contributed by atoms with Gasteiger partial charge in [-0.2, -0.15) is 0 Å². The summed E-state index contributed by atoms with van der Waals surface area (Å²) in [5, 5.41) is 0. The average molecular weight is 401 g/mol. The van der Waals surface area contributed by atoms with Gasteiger partial charge in [0.15, 0.2) is 5.78 Å². The minimum Gasteiger partial charge on any atom is -0.297 e. The third-order valence-electron chi connectivity index (χ3n) is 4.77. The molecule has 0 spiro atoms. The van der Waals surface area contributed by atoms with E-state index >= 15 is 0 Å². The maximum Gasteiger partial charge on any atom is 0.156 e. The molecule has 0 fully saturated rings. The fourth-order valence-corrected chi connectivity index (χ4v) is 4.45. The van der Waals surface area contributed by atoms with Gasteiger partial charge in [0, 0.05) is 34.1 Å². The van der Waals surface area contributed by atoms with Crippen LogP contribution in [-0.2, 0) is 4.79 Å². The third kappa shape index (κ3) is 8.95. The van der Waals surface area contributed by atoms with Crippen molar-refractivity contribution in [3.05, 3.63) is 0 Å². The minimum atomic E-state index is -0.374. The summed E-state index contributed by atoms with van der Waals surface area (Å²) in [6.07, 6.45) is 0. The summed E-state index contributed by atoms with van der Waals surface area (Å²) in [4.78, 5) is 18.5. The molecule has 0 bridgehead atoms. The molecule has 0 aromatic rings. The van der Waals surface area contributed by atoms with E-state index < -0.39 is 0 Å². The lowest BCUT2D eigenvalue weighted by molar-refractivity contribution is -0.142. The molecule has 28 heavy (non-hydrogen) atoms. The van der Waals surface area contributed by atoms with Crippen molar-refractivity contribution in [3.63, 3.8) is 0 Å². The Bertz CT molecular complexity index is 445. The van der Waals surface area contributed by atoms with Crippen molar-refractivity contribution >= 4 is 5.78 Å². The lowest BCUT2D eigenvalue weighted by atomic mass is 9.81. The Morgan fingerprint density at radius 2 is 0.893 bits per heavy atom. The molecule has 1 unspecified atom stereocenters. The Morgan fingerprint density at radius 1 is 0.607 bits per heavy atom. The summed E-state index contributed by atoms with van der Waals surface area (Å²) in [5.74, 6) is 0.320. The number of Topliss-reactive ketones (excluding diaryl/α,β-unsaturated/α-hetero) is 1. The Labute approximate surface area is 179 Å². The van der Waals surface area contributed by atoms with Gasteiger partial charge in [0.25, 0.3) is 0 Å². The molecule has 3 heteroatoms. The highest BCUT2D eigenvalue weighted by atomic mass is 16.1. The van der Waals surface area contributed by atoms with Crippen LogP contribution >= 0.6 is 0 Å². The highest BCUT2D eigenvalue weighted by Gasteiger charge is 2.46. The summed E-state index contributed by atoms with van der Waals surface area (Å²) in [6, 6.07) is -0.159. The first kappa shape index (κ1) is 32.3. The van der Waals surface area contributed by atoms with Gasteiger partial charge in [0.1, 0.15) is 0 Å². The summed E-state index contributed by atoms with van der Waals surface area (Å²) in [5.41, 5.74) is -0.621. The van der Waals surface area contributed by atoms with E-state index in [1.54, 1.807) is 0 Å². The molecule has 172 valence electrons. The first-order chi connectivity index (χ1) is 11.0. The van der Waals surface area contributed by atoms with E-state index in [-0.39, 0.29) is 48.5 Å². The van der Waals surface area contributed by atoms with Gasteiger partial charge in [-0.25, -0.2) is 0 Å². The van der Waals surface area contributed by atoms with Crippen LogP contribution in [0.4, 0.5) is 0 Å². The molecular weight excluding hydrogens is 344 g/mol. The van der Waals surface area contributed by atoms with Gasteiger partial charge in [-0.05, 0) is 83.1 Å². The summed E-state index contributed by atoms with van der Waals surface area (Å²) in [7, 11) is 0. The van der Waals surface area contributed by atoms with E-state index in [9.17, 15) is 4.79 Å². The largest absolute Gasteiger partial charge is 0.297 e. The first-order valence-corrected chi connectivity index (χ1v) is 10.1. The van der Waals surface area contributed by atoms with Gasteiger partial charge in [0.05, 0.1) is 6.04 Å². The first-order valence-electron chi connectivity index (χ1n) is 10.1. The van der Waals surface area contributed by atoms with Crippen LogP contribution in [0.25, 0.3) is 0 Å². The standard InChI is InChI=1S/C23H48N2O.2CH4/c1-19(2,3)18(26)17(25(22(10,11)12)23(13,14)15)16-24(20(4,5)6)21(7,8)9;;/h17H,16H2,1-15H3;2*1H4. The molecule has 0 aromatic heterocycles. The predicted molar refractivity (Wildman–Crippen MR) is 129 cm³/mol. The molecule has 0 saturated carbocycles. The van der Waals surface area contributed by atoms with Crippen molar-refractivity contribution < 1.29 is 4.79 Å². The van der Waals surface area contributed by atoms with Gasteiger partial charge in [-0.1, -0.05) is 35.6 Å². The highest BCUT2D eigenvalue weighted by Crippen LogP contribution is 2.34. The Balaban J connectivity index is -0.00000312. The summed E-state index contributed by atoms with van der Waals surface area (Å²) in [6.45, 7) is 33.7. The second-order valence-electron chi connectivity index (χ2n) is 12.8. The molecule has 0 heterocycles. The Hall–Kier alpha value is -0.410. The van der Waals surface area contributed by atoms with E-state index in [0.717, 1.165) is 6.54 Å². The zero-order valence-corrected chi connectivity index (χ0v) is 20.6. The van der Waals surface area contributed by atoms with Crippen LogP contribution in [0.15, 0.2) is 0 Å². The molecule has 0 aliphatic rings. The second-order valence-corrected chi connectivity index (χ2v) is 12.8. The molecule has 0 rings (SSSR count). The number of carbonyl (C=O) groups excluding carboxylic acids is 1. The lowest BCUT2D eigenvalue weighted by Crippen LogP contribution is -2.67. The molecule has 3 nitrogen and oxygen atoms in total. The van der Waals surface area contributed by atoms with Crippen molar-refractivity contribution in [1.29, 1.82) is 0 Å². The Morgan fingerprint density at radius 3 is 1.07 bits per heavy atom. The molecular formula is C25H56N2O. The number of rotatable bonds is 4. The van der Waals surface area contributed by atoms with E-state index in [2.05, 4.69) is 92.9 Å². The van der Waals surface area contributed by atoms with Gasteiger partial charge in [-0.15, -0.1) is 0 Å². The maximum atomic E-state index is 13.6. The monoisotopic (exact) mass is 400 g/mol. The van der Waals surface area contributed by atoms with Crippen molar-refractivity contribution in [2.24, 2.45) is 5.41 Å². The van der Waals surface area contributed by atoms with Crippen LogP contribution in [-0.4, -0.2) is 50.3 Å². The van der Waals surface area contributed by atoms with E-state index in [4.69, 9.17) is 0 Å². The van der Waals surface area contributed by atoms with Crippen LogP contribution in [0.2, 0.25) is 0 Å². The molecule has 0 N–H and O–H groups in total. The van der Waals surface area contributed by atoms with Crippen LogP contribution in [0, 0.1) is 5.41 Å². The summed E-state index contributed by atoms with van der Waals surface area (Å²) >= 11 is 0. The van der Waals surface area contributed by atoms with Crippen molar-refractivity contribution in [2.75, 3.05) is 6.54 Å².